The molecule has 0 fully saturated rings. The molecule has 98 valence electrons. The Hall–Kier alpha value is -0.490. The minimum absolute atomic E-state index is 0.0565. The third-order valence-electron chi connectivity index (χ3n) is 2.44. The summed E-state index contributed by atoms with van der Waals surface area (Å²) in [5.74, 6) is 0. The maximum absolute atomic E-state index is 13.1. The Morgan fingerprint density at radius 2 is 2.12 bits per heavy atom. The van der Waals surface area contributed by atoms with Gasteiger partial charge in [0.05, 0.1) is 16.4 Å². The smallest absolute Gasteiger partial charge is 0.259 e. The van der Waals surface area contributed by atoms with Crippen LogP contribution in [0.1, 0.15) is 45.0 Å². The molecule has 0 aliphatic carbocycles. The number of hydrogen-bond donors (Lipinski definition) is 1. The minimum atomic E-state index is -2.45. The Kier molecular flexibility index (Phi) is 5.52. The average molecular weight is 310 g/mol. The van der Waals surface area contributed by atoms with Gasteiger partial charge in [0.2, 0.25) is 0 Å². The summed E-state index contributed by atoms with van der Waals surface area (Å²) in [6.07, 6.45) is -0.0679. The number of hydrogen-bond acceptors (Lipinski definition) is 2. The van der Waals surface area contributed by atoms with Gasteiger partial charge in [0, 0.05) is 6.04 Å². The quantitative estimate of drug-likeness (QED) is 0.871. The molecular weight excluding hydrogens is 292 g/mol. The molecule has 0 radical (unpaired) electrons. The number of rotatable bonds is 6. The molecule has 17 heavy (non-hydrogen) atoms. The van der Waals surface area contributed by atoms with Gasteiger partial charge in [-0.15, -0.1) is 0 Å². The van der Waals surface area contributed by atoms with E-state index in [1.165, 1.54) is 0 Å². The maximum atomic E-state index is 13.1. The second kappa shape index (κ2) is 6.44. The van der Waals surface area contributed by atoms with E-state index < -0.39 is 12.5 Å². The molecule has 0 saturated heterocycles. The fourth-order valence-corrected chi connectivity index (χ4v) is 2.18. The van der Waals surface area contributed by atoms with E-state index >= 15 is 0 Å². The molecule has 1 rings (SSSR count). The van der Waals surface area contributed by atoms with Crippen LogP contribution < -0.4 is 5.32 Å². The van der Waals surface area contributed by atoms with Crippen molar-refractivity contribution in [1.29, 1.82) is 0 Å². The van der Waals surface area contributed by atoms with Crippen molar-refractivity contribution >= 4 is 15.9 Å². The molecule has 0 bridgehead atoms. The highest BCUT2D eigenvalue weighted by atomic mass is 79.9. The van der Waals surface area contributed by atoms with Crippen molar-refractivity contribution in [3.8, 4) is 0 Å². The predicted molar refractivity (Wildman–Crippen MR) is 67.4 cm³/mol. The first-order valence-electron chi connectivity index (χ1n) is 5.73. The van der Waals surface area contributed by atoms with Crippen LogP contribution in [-0.2, 0) is 0 Å². The van der Waals surface area contributed by atoms with E-state index in [2.05, 4.69) is 26.3 Å². The Morgan fingerprint density at radius 1 is 1.47 bits per heavy atom. The molecule has 3 nitrogen and oxygen atoms in total. The monoisotopic (exact) mass is 309 g/mol. The molecule has 1 aromatic rings. The SMILES string of the molecule is CCCNC(c1c(Br)cnn1C(C)C)C(F)F. The van der Waals surface area contributed by atoms with Crippen molar-refractivity contribution in [2.45, 2.75) is 45.7 Å². The molecule has 0 aromatic carbocycles. The number of halogens is 3. The first-order valence-corrected chi connectivity index (χ1v) is 6.52. The van der Waals surface area contributed by atoms with Gasteiger partial charge in [-0.1, -0.05) is 6.92 Å². The van der Waals surface area contributed by atoms with Gasteiger partial charge in [-0.3, -0.25) is 4.68 Å². The molecule has 0 amide bonds. The molecule has 1 heterocycles. The first kappa shape index (κ1) is 14.6. The lowest BCUT2D eigenvalue weighted by atomic mass is 10.2. The maximum Gasteiger partial charge on any atom is 0.259 e. The molecule has 1 aromatic heterocycles. The number of nitrogens with zero attached hydrogens (tertiary/aromatic N) is 2. The third-order valence-corrected chi connectivity index (χ3v) is 3.05. The van der Waals surface area contributed by atoms with E-state index in [1.807, 2.05) is 20.8 Å². The van der Waals surface area contributed by atoms with Crippen molar-refractivity contribution < 1.29 is 8.78 Å². The lowest BCUT2D eigenvalue weighted by Crippen LogP contribution is -2.31. The standard InChI is InChI=1S/C11H18BrF2N3/c1-4-5-15-9(11(13)14)10-8(12)6-16-17(10)7(2)3/h6-7,9,11,15H,4-5H2,1-3H3. The van der Waals surface area contributed by atoms with E-state index in [1.54, 1.807) is 10.9 Å². The van der Waals surface area contributed by atoms with Crippen molar-refractivity contribution in [3.63, 3.8) is 0 Å². The van der Waals surface area contributed by atoms with E-state index in [9.17, 15) is 8.78 Å². The third kappa shape index (κ3) is 3.48. The van der Waals surface area contributed by atoms with Crippen molar-refractivity contribution in [1.82, 2.24) is 15.1 Å². The summed E-state index contributed by atoms with van der Waals surface area (Å²) in [4.78, 5) is 0. The Morgan fingerprint density at radius 3 is 2.59 bits per heavy atom. The Bertz CT molecular complexity index is 352. The summed E-state index contributed by atoms with van der Waals surface area (Å²) in [6.45, 7) is 6.35. The molecule has 1 atom stereocenters. The Labute approximate surface area is 109 Å². The summed E-state index contributed by atoms with van der Waals surface area (Å²) >= 11 is 3.29. The van der Waals surface area contributed by atoms with Gasteiger partial charge in [-0.2, -0.15) is 5.10 Å². The molecule has 6 heteroatoms. The van der Waals surface area contributed by atoms with Crippen molar-refractivity contribution in [2.24, 2.45) is 0 Å². The number of nitrogens with one attached hydrogen (secondary N) is 1. The lowest BCUT2D eigenvalue weighted by Gasteiger charge is -2.21. The summed E-state index contributed by atoms with van der Waals surface area (Å²) in [7, 11) is 0. The zero-order valence-corrected chi connectivity index (χ0v) is 11.8. The van der Waals surface area contributed by atoms with Gasteiger partial charge < -0.3 is 5.32 Å². The van der Waals surface area contributed by atoms with Gasteiger partial charge in [-0.25, -0.2) is 8.78 Å². The second-order valence-electron chi connectivity index (χ2n) is 4.18. The van der Waals surface area contributed by atoms with E-state index in [0.717, 1.165) is 6.42 Å². The second-order valence-corrected chi connectivity index (χ2v) is 5.04. The molecule has 0 spiro atoms. The summed E-state index contributed by atoms with van der Waals surface area (Å²) in [5.41, 5.74) is 0.517. The van der Waals surface area contributed by atoms with Gasteiger partial charge >= 0.3 is 0 Å². The van der Waals surface area contributed by atoms with Gasteiger partial charge in [0.25, 0.3) is 6.43 Å². The summed E-state index contributed by atoms with van der Waals surface area (Å²) < 4.78 is 28.4. The summed E-state index contributed by atoms with van der Waals surface area (Å²) in [5, 5.41) is 6.99. The van der Waals surface area contributed by atoms with Crippen LogP contribution in [0.25, 0.3) is 0 Å². The lowest BCUT2D eigenvalue weighted by molar-refractivity contribution is 0.0933. The highest BCUT2D eigenvalue weighted by Crippen LogP contribution is 2.29. The molecule has 1 unspecified atom stereocenters. The predicted octanol–water partition coefficient (Wildman–Crippen LogP) is 3.53. The van der Waals surface area contributed by atoms with Crippen molar-refractivity contribution in [2.75, 3.05) is 6.54 Å². The van der Waals surface area contributed by atoms with Crippen LogP contribution in [0.4, 0.5) is 8.78 Å². The molecule has 0 aliphatic rings. The van der Waals surface area contributed by atoms with Gasteiger partial charge in [0.1, 0.15) is 6.04 Å². The summed E-state index contributed by atoms with van der Waals surface area (Å²) in [6, 6.07) is -0.921. The van der Waals surface area contributed by atoms with E-state index in [-0.39, 0.29) is 6.04 Å². The highest BCUT2D eigenvalue weighted by Gasteiger charge is 2.28. The van der Waals surface area contributed by atoms with Gasteiger partial charge in [0.15, 0.2) is 0 Å². The first-order chi connectivity index (χ1) is 7.99. The Balaban J connectivity index is 3.03. The zero-order chi connectivity index (χ0) is 13.0. The fourth-order valence-electron chi connectivity index (χ4n) is 1.66. The zero-order valence-electron chi connectivity index (χ0n) is 10.3. The highest BCUT2D eigenvalue weighted by molar-refractivity contribution is 9.10. The normalized spacial score (nSPS) is 13.6. The molecular formula is C11H18BrF2N3. The van der Waals surface area contributed by atoms with Crippen LogP contribution >= 0.6 is 15.9 Å². The largest absolute Gasteiger partial charge is 0.304 e. The average Bonchev–Trinajstić information content (AvgIpc) is 2.61. The van der Waals surface area contributed by atoms with Crippen LogP contribution in [-0.4, -0.2) is 22.8 Å². The van der Waals surface area contributed by atoms with E-state index in [0.29, 0.717) is 16.7 Å². The van der Waals surface area contributed by atoms with Crippen LogP contribution in [0.3, 0.4) is 0 Å². The van der Waals surface area contributed by atoms with E-state index in [4.69, 9.17) is 0 Å². The molecule has 0 saturated carbocycles. The van der Waals surface area contributed by atoms with Crippen LogP contribution in [0.2, 0.25) is 0 Å². The van der Waals surface area contributed by atoms with Crippen molar-refractivity contribution in [3.05, 3.63) is 16.4 Å². The van der Waals surface area contributed by atoms with Crippen LogP contribution in [0.5, 0.6) is 0 Å². The number of aromatic nitrogens is 2. The van der Waals surface area contributed by atoms with Crippen LogP contribution in [0.15, 0.2) is 10.7 Å². The fraction of sp³-hybridized carbons (Fsp3) is 0.727. The molecule has 0 aliphatic heterocycles. The van der Waals surface area contributed by atoms with Crippen LogP contribution in [0, 0.1) is 0 Å². The topological polar surface area (TPSA) is 29.9 Å². The molecule has 1 N–H and O–H groups in total. The number of alkyl halides is 2. The van der Waals surface area contributed by atoms with Gasteiger partial charge in [-0.05, 0) is 42.7 Å². The minimum Gasteiger partial charge on any atom is -0.304 e.